The van der Waals surface area contributed by atoms with Crippen molar-refractivity contribution in [1.29, 1.82) is 0 Å². The van der Waals surface area contributed by atoms with Crippen LogP contribution in [0.5, 0.6) is 0 Å². The SMILES string of the molecule is CS(=O)(=O)OCCOCC12CNCCC1(c1ccc(Cl)c(Cl)c1)C2. The van der Waals surface area contributed by atoms with Crippen LogP contribution in [0.3, 0.4) is 0 Å². The zero-order chi connectivity index (χ0) is 17.4. The Labute approximate surface area is 152 Å². The van der Waals surface area contributed by atoms with Crippen molar-refractivity contribution in [3.05, 3.63) is 33.8 Å². The van der Waals surface area contributed by atoms with Crippen LogP contribution in [-0.2, 0) is 24.5 Å². The Balaban J connectivity index is 1.65. The fraction of sp³-hybridized carbons (Fsp3) is 0.625. The highest BCUT2D eigenvalue weighted by atomic mass is 35.5. The third kappa shape index (κ3) is 3.59. The van der Waals surface area contributed by atoms with E-state index < -0.39 is 10.1 Å². The average molecular weight is 394 g/mol. The highest BCUT2D eigenvalue weighted by Gasteiger charge is 2.68. The topological polar surface area (TPSA) is 64.6 Å². The summed E-state index contributed by atoms with van der Waals surface area (Å²) in [7, 11) is -3.42. The van der Waals surface area contributed by atoms with E-state index in [0.29, 0.717) is 16.7 Å². The monoisotopic (exact) mass is 393 g/mol. The van der Waals surface area contributed by atoms with Gasteiger partial charge in [0, 0.05) is 17.4 Å². The summed E-state index contributed by atoms with van der Waals surface area (Å²) in [4.78, 5) is 0. The molecule has 1 saturated heterocycles. The lowest BCUT2D eigenvalue weighted by atomic mass is 9.81. The fourth-order valence-electron chi connectivity index (χ4n) is 3.85. The van der Waals surface area contributed by atoms with Crippen molar-refractivity contribution in [3.8, 4) is 0 Å². The second kappa shape index (κ2) is 6.74. The first-order valence-corrected chi connectivity index (χ1v) is 10.4. The quantitative estimate of drug-likeness (QED) is 0.569. The Morgan fingerprint density at radius 1 is 1.25 bits per heavy atom. The number of fused-ring (bicyclic) bond motifs is 1. The average Bonchev–Trinajstić information content (AvgIpc) is 3.19. The van der Waals surface area contributed by atoms with Gasteiger partial charge in [-0.15, -0.1) is 0 Å². The molecule has 134 valence electrons. The van der Waals surface area contributed by atoms with E-state index in [9.17, 15) is 8.42 Å². The van der Waals surface area contributed by atoms with Crippen molar-refractivity contribution >= 4 is 33.3 Å². The van der Waals surface area contributed by atoms with Gasteiger partial charge in [0.15, 0.2) is 0 Å². The number of nitrogens with one attached hydrogen (secondary N) is 1. The third-order valence-corrected chi connectivity index (χ3v) is 6.43. The summed E-state index contributed by atoms with van der Waals surface area (Å²) in [5.74, 6) is 0. The van der Waals surface area contributed by atoms with Crippen LogP contribution in [0.15, 0.2) is 18.2 Å². The number of halogens is 2. The molecule has 1 aromatic carbocycles. The lowest BCUT2D eigenvalue weighted by Crippen LogP contribution is -2.41. The third-order valence-electron chi connectivity index (χ3n) is 5.10. The Morgan fingerprint density at radius 2 is 2.04 bits per heavy atom. The predicted molar refractivity (Wildman–Crippen MR) is 94.3 cm³/mol. The standard InChI is InChI=1S/C16H21Cl2NO4S/c1-24(20,21)23-7-6-22-11-15-9-16(15,4-5-19-10-15)12-2-3-13(17)14(18)8-12/h2-3,8,19H,4-7,9-11H2,1H3. The van der Waals surface area contributed by atoms with Crippen LogP contribution >= 0.6 is 23.2 Å². The molecule has 1 N–H and O–H groups in total. The van der Waals surface area contributed by atoms with Gasteiger partial charge < -0.3 is 10.1 Å². The zero-order valence-electron chi connectivity index (χ0n) is 13.5. The van der Waals surface area contributed by atoms with Crippen LogP contribution in [0, 0.1) is 5.41 Å². The van der Waals surface area contributed by atoms with Crippen molar-refractivity contribution in [2.45, 2.75) is 18.3 Å². The lowest BCUT2D eigenvalue weighted by Gasteiger charge is -2.32. The summed E-state index contributed by atoms with van der Waals surface area (Å²) in [5, 5.41) is 4.57. The van der Waals surface area contributed by atoms with E-state index in [4.69, 9.17) is 32.1 Å². The van der Waals surface area contributed by atoms with E-state index in [0.717, 1.165) is 32.2 Å². The Hall–Kier alpha value is -0.370. The summed E-state index contributed by atoms with van der Waals surface area (Å²) in [5.41, 5.74) is 1.28. The van der Waals surface area contributed by atoms with Gasteiger partial charge in [-0.2, -0.15) is 8.42 Å². The molecular formula is C16H21Cl2NO4S. The van der Waals surface area contributed by atoms with Crippen LogP contribution in [0.4, 0.5) is 0 Å². The predicted octanol–water partition coefficient (Wildman–Crippen LogP) is 2.61. The molecule has 1 aliphatic carbocycles. The minimum atomic E-state index is -3.42. The molecule has 2 fully saturated rings. The van der Waals surface area contributed by atoms with Crippen LogP contribution in [-0.4, -0.2) is 47.6 Å². The molecule has 5 nitrogen and oxygen atoms in total. The first-order valence-electron chi connectivity index (χ1n) is 7.87. The summed E-state index contributed by atoms with van der Waals surface area (Å²) in [6.45, 7) is 2.70. The summed E-state index contributed by atoms with van der Waals surface area (Å²) in [6, 6.07) is 5.86. The maximum absolute atomic E-state index is 11.0. The largest absolute Gasteiger partial charge is 0.378 e. The molecule has 2 aliphatic rings. The fourth-order valence-corrected chi connectivity index (χ4v) is 4.52. The Bertz CT molecular complexity index is 727. The molecule has 0 radical (unpaired) electrons. The number of rotatable bonds is 7. The van der Waals surface area contributed by atoms with Crippen LogP contribution < -0.4 is 5.32 Å². The molecular weight excluding hydrogens is 373 g/mol. The highest BCUT2D eigenvalue weighted by Crippen LogP contribution is 2.67. The van der Waals surface area contributed by atoms with Gasteiger partial charge in [0.05, 0.1) is 36.1 Å². The maximum atomic E-state index is 11.0. The van der Waals surface area contributed by atoms with E-state index >= 15 is 0 Å². The number of hydrogen-bond acceptors (Lipinski definition) is 5. The van der Waals surface area contributed by atoms with Gasteiger partial charge in [-0.3, -0.25) is 4.18 Å². The van der Waals surface area contributed by atoms with Crippen LogP contribution in [0.2, 0.25) is 10.0 Å². The molecule has 0 amide bonds. The smallest absolute Gasteiger partial charge is 0.264 e. The van der Waals surface area contributed by atoms with Gasteiger partial charge in [-0.05, 0) is 37.1 Å². The molecule has 24 heavy (non-hydrogen) atoms. The van der Waals surface area contributed by atoms with Crippen molar-refractivity contribution in [2.24, 2.45) is 5.41 Å². The molecule has 2 unspecified atom stereocenters. The number of benzene rings is 1. The molecule has 0 aromatic heterocycles. The van der Waals surface area contributed by atoms with Crippen molar-refractivity contribution in [2.75, 3.05) is 39.2 Å². The van der Waals surface area contributed by atoms with Gasteiger partial charge in [0.1, 0.15) is 0 Å². The van der Waals surface area contributed by atoms with Crippen molar-refractivity contribution < 1.29 is 17.3 Å². The molecule has 0 bridgehead atoms. The Morgan fingerprint density at radius 3 is 2.75 bits per heavy atom. The summed E-state index contributed by atoms with van der Waals surface area (Å²) >= 11 is 12.2. The van der Waals surface area contributed by atoms with E-state index in [1.165, 1.54) is 5.56 Å². The molecule has 1 saturated carbocycles. The van der Waals surface area contributed by atoms with Gasteiger partial charge in [-0.25, -0.2) is 0 Å². The maximum Gasteiger partial charge on any atom is 0.264 e. The molecule has 8 heteroatoms. The number of ether oxygens (including phenoxy) is 1. The van der Waals surface area contributed by atoms with Gasteiger partial charge in [-0.1, -0.05) is 29.3 Å². The van der Waals surface area contributed by atoms with E-state index in [1.807, 2.05) is 18.2 Å². The zero-order valence-corrected chi connectivity index (χ0v) is 15.8. The van der Waals surface area contributed by atoms with E-state index in [-0.39, 0.29) is 24.0 Å². The van der Waals surface area contributed by atoms with Crippen LogP contribution in [0.1, 0.15) is 18.4 Å². The first kappa shape index (κ1) is 18.4. The minimum Gasteiger partial charge on any atom is -0.378 e. The normalized spacial score (nSPS) is 29.3. The summed E-state index contributed by atoms with van der Waals surface area (Å²) < 4.78 is 32.3. The molecule has 1 heterocycles. The number of hydrogen-bond donors (Lipinski definition) is 1. The summed E-state index contributed by atoms with van der Waals surface area (Å²) in [6.07, 6.45) is 3.08. The minimum absolute atomic E-state index is 0.0213. The lowest BCUT2D eigenvalue weighted by molar-refractivity contribution is 0.0547. The second-order valence-electron chi connectivity index (χ2n) is 6.67. The van der Waals surface area contributed by atoms with Crippen LogP contribution in [0.25, 0.3) is 0 Å². The van der Waals surface area contributed by atoms with Gasteiger partial charge >= 0.3 is 0 Å². The molecule has 0 spiro atoms. The van der Waals surface area contributed by atoms with Gasteiger partial charge in [0.25, 0.3) is 10.1 Å². The first-order chi connectivity index (χ1) is 11.3. The number of piperidine rings is 1. The molecule has 1 aliphatic heterocycles. The molecule has 3 rings (SSSR count). The Kier molecular flexibility index (Phi) is 5.17. The molecule has 2 atom stereocenters. The molecule has 1 aromatic rings. The van der Waals surface area contributed by atoms with E-state index in [1.54, 1.807) is 0 Å². The second-order valence-corrected chi connectivity index (χ2v) is 9.13. The highest BCUT2D eigenvalue weighted by molar-refractivity contribution is 7.85. The van der Waals surface area contributed by atoms with Crippen molar-refractivity contribution in [1.82, 2.24) is 5.32 Å². The van der Waals surface area contributed by atoms with Crippen molar-refractivity contribution in [3.63, 3.8) is 0 Å². The van der Waals surface area contributed by atoms with E-state index in [2.05, 4.69) is 5.32 Å². The van der Waals surface area contributed by atoms with Gasteiger partial charge in [0.2, 0.25) is 0 Å².